The molecule has 1 aliphatic heterocycles. The van der Waals surface area contributed by atoms with E-state index in [1.807, 2.05) is 0 Å². The molecule has 1 atom stereocenters. The molecule has 7 heteroatoms. The standard InChI is InChI=1S/C11H10BrF2NO3/c1-17-8-3-2-6(12)4-7(8)9-11(13,14)5-18-10(16)15-9/h2-4,9H,5H2,1H3,(H,15,16)/t9-/m0/s1. The summed E-state index contributed by atoms with van der Waals surface area (Å²) in [5, 5.41) is 2.11. The largest absolute Gasteiger partial charge is 0.496 e. The first-order chi connectivity index (χ1) is 8.44. The molecule has 0 spiro atoms. The molecule has 0 aliphatic carbocycles. The Morgan fingerprint density at radius 2 is 2.28 bits per heavy atom. The zero-order valence-electron chi connectivity index (χ0n) is 9.38. The third-order valence-electron chi connectivity index (χ3n) is 2.58. The summed E-state index contributed by atoms with van der Waals surface area (Å²) in [5.74, 6) is -2.91. The van der Waals surface area contributed by atoms with Crippen molar-refractivity contribution in [1.29, 1.82) is 0 Å². The fraction of sp³-hybridized carbons (Fsp3) is 0.364. The fourth-order valence-electron chi connectivity index (χ4n) is 1.75. The molecule has 1 fully saturated rings. The highest BCUT2D eigenvalue weighted by Crippen LogP contribution is 2.39. The fourth-order valence-corrected chi connectivity index (χ4v) is 2.13. The number of hydrogen-bond acceptors (Lipinski definition) is 3. The Morgan fingerprint density at radius 1 is 1.56 bits per heavy atom. The molecule has 1 aromatic carbocycles. The van der Waals surface area contributed by atoms with Gasteiger partial charge in [0.15, 0.2) is 6.61 Å². The minimum atomic E-state index is -3.19. The predicted molar refractivity (Wildman–Crippen MR) is 62.9 cm³/mol. The van der Waals surface area contributed by atoms with Gasteiger partial charge in [-0.05, 0) is 18.2 Å². The Morgan fingerprint density at radius 3 is 2.94 bits per heavy atom. The van der Waals surface area contributed by atoms with E-state index in [-0.39, 0.29) is 11.3 Å². The number of halogens is 3. The molecule has 0 unspecified atom stereocenters. The molecule has 2 rings (SSSR count). The van der Waals surface area contributed by atoms with Crippen LogP contribution in [-0.4, -0.2) is 25.7 Å². The summed E-state index contributed by atoms with van der Waals surface area (Å²) in [6, 6.07) is 3.24. The van der Waals surface area contributed by atoms with Gasteiger partial charge in [0.1, 0.15) is 11.8 Å². The van der Waals surface area contributed by atoms with Gasteiger partial charge in [-0.2, -0.15) is 0 Å². The van der Waals surface area contributed by atoms with Crippen molar-refractivity contribution in [3.8, 4) is 5.75 Å². The van der Waals surface area contributed by atoms with Crippen LogP contribution in [0.5, 0.6) is 5.75 Å². The molecule has 1 N–H and O–H groups in total. The van der Waals surface area contributed by atoms with Crippen molar-refractivity contribution >= 4 is 22.0 Å². The number of alkyl carbamates (subject to hydrolysis) is 1. The van der Waals surface area contributed by atoms with Gasteiger partial charge in [-0.25, -0.2) is 13.6 Å². The van der Waals surface area contributed by atoms with Gasteiger partial charge in [-0.3, -0.25) is 0 Å². The van der Waals surface area contributed by atoms with E-state index in [4.69, 9.17) is 4.74 Å². The number of benzene rings is 1. The van der Waals surface area contributed by atoms with Crippen molar-refractivity contribution in [2.75, 3.05) is 13.7 Å². The summed E-state index contributed by atoms with van der Waals surface area (Å²) in [5.41, 5.74) is 0.202. The second-order valence-corrected chi connectivity index (χ2v) is 4.72. The van der Waals surface area contributed by atoms with E-state index < -0.39 is 24.7 Å². The molecule has 0 aromatic heterocycles. The van der Waals surface area contributed by atoms with E-state index in [1.165, 1.54) is 13.2 Å². The number of nitrogens with one attached hydrogen (secondary N) is 1. The van der Waals surface area contributed by atoms with Crippen LogP contribution in [0.2, 0.25) is 0 Å². The number of hydrogen-bond donors (Lipinski definition) is 1. The number of ether oxygens (including phenoxy) is 2. The monoisotopic (exact) mass is 321 g/mol. The van der Waals surface area contributed by atoms with E-state index in [9.17, 15) is 13.6 Å². The Bertz CT molecular complexity index is 481. The molecule has 0 radical (unpaired) electrons. The van der Waals surface area contributed by atoms with Crippen LogP contribution >= 0.6 is 15.9 Å². The molecule has 0 saturated carbocycles. The summed E-state index contributed by atoms with van der Waals surface area (Å²) < 4.78 is 37.5. The highest BCUT2D eigenvalue weighted by Gasteiger charge is 2.47. The van der Waals surface area contributed by atoms with Gasteiger partial charge in [0.25, 0.3) is 0 Å². The Hall–Kier alpha value is -1.37. The zero-order chi connectivity index (χ0) is 13.3. The molecular weight excluding hydrogens is 312 g/mol. The third-order valence-corrected chi connectivity index (χ3v) is 3.08. The Balaban J connectivity index is 2.45. The van der Waals surface area contributed by atoms with Gasteiger partial charge in [-0.1, -0.05) is 15.9 Å². The summed E-state index contributed by atoms with van der Waals surface area (Å²) in [6.07, 6.45) is -0.868. The van der Waals surface area contributed by atoms with Crippen molar-refractivity contribution in [3.05, 3.63) is 28.2 Å². The number of rotatable bonds is 2. The lowest BCUT2D eigenvalue weighted by Crippen LogP contribution is -2.49. The number of carbonyl (C=O) groups is 1. The lowest BCUT2D eigenvalue weighted by atomic mass is 9.99. The average molecular weight is 322 g/mol. The molecule has 98 valence electrons. The summed E-state index contributed by atoms with van der Waals surface area (Å²) >= 11 is 3.20. The normalized spacial score (nSPS) is 22.0. The molecule has 18 heavy (non-hydrogen) atoms. The van der Waals surface area contributed by atoms with Crippen LogP contribution in [0.4, 0.5) is 13.6 Å². The molecule has 1 aliphatic rings. The van der Waals surface area contributed by atoms with Gasteiger partial charge >= 0.3 is 12.0 Å². The maximum absolute atomic E-state index is 13.8. The van der Waals surface area contributed by atoms with Crippen molar-refractivity contribution in [3.63, 3.8) is 0 Å². The van der Waals surface area contributed by atoms with Crippen molar-refractivity contribution in [2.45, 2.75) is 12.0 Å². The molecule has 1 amide bonds. The maximum Gasteiger partial charge on any atom is 0.408 e. The number of amides is 1. The van der Waals surface area contributed by atoms with Crippen molar-refractivity contribution < 1.29 is 23.0 Å². The van der Waals surface area contributed by atoms with E-state index in [0.29, 0.717) is 4.47 Å². The average Bonchev–Trinajstić information content (AvgIpc) is 2.32. The summed E-state index contributed by atoms with van der Waals surface area (Å²) in [7, 11) is 1.38. The number of alkyl halides is 2. The van der Waals surface area contributed by atoms with Crippen LogP contribution in [0.15, 0.2) is 22.7 Å². The topological polar surface area (TPSA) is 47.6 Å². The van der Waals surface area contributed by atoms with Gasteiger partial charge < -0.3 is 14.8 Å². The minimum Gasteiger partial charge on any atom is -0.496 e. The van der Waals surface area contributed by atoms with Crippen LogP contribution in [0.1, 0.15) is 11.6 Å². The van der Waals surface area contributed by atoms with E-state index in [1.54, 1.807) is 12.1 Å². The minimum absolute atomic E-state index is 0.202. The van der Waals surface area contributed by atoms with Gasteiger partial charge in [-0.15, -0.1) is 0 Å². The first-order valence-corrected chi connectivity index (χ1v) is 5.88. The lowest BCUT2D eigenvalue weighted by Gasteiger charge is -2.32. The first-order valence-electron chi connectivity index (χ1n) is 5.08. The second kappa shape index (κ2) is 4.72. The number of carbonyl (C=O) groups excluding carboxylic acids is 1. The van der Waals surface area contributed by atoms with E-state index in [0.717, 1.165) is 0 Å². The maximum atomic E-state index is 13.8. The van der Waals surface area contributed by atoms with Crippen LogP contribution < -0.4 is 10.1 Å². The van der Waals surface area contributed by atoms with Crippen LogP contribution in [-0.2, 0) is 4.74 Å². The molecule has 0 bridgehead atoms. The third kappa shape index (κ3) is 2.40. The summed E-state index contributed by atoms with van der Waals surface area (Å²) in [6.45, 7) is -0.945. The van der Waals surface area contributed by atoms with Gasteiger partial charge in [0, 0.05) is 10.0 Å². The summed E-state index contributed by atoms with van der Waals surface area (Å²) in [4.78, 5) is 11.1. The highest BCUT2D eigenvalue weighted by molar-refractivity contribution is 9.10. The molecule has 4 nitrogen and oxygen atoms in total. The van der Waals surface area contributed by atoms with Crippen LogP contribution in [0.3, 0.4) is 0 Å². The first kappa shape index (κ1) is 13.1. The highest BCUT2D eigenvalue weighted by atomic mass is 79.9. The smallest absolute Gasteiger partial charge is 0.408 e. The lowest BCUT2D eigenvalue weighted by molar-refractivity contribution is -0.104. The number of cyclic esters (lactones) is 1. The SMILES string of the molecule is COc1ccc(Br)cc1[C@@H]1NC(=O)OCC1(F)F. The molecule has 1 aromatic rings. The van der Waals surface area contributed by atoms with E-state index >= 15 is 0 Å². The zero-order valence-corrected chi connectivity index (χ0v) is 11.0. The predicted octanol–water partition coefficient (Wildman–Crippen LogP) is 2.87. The van der Waals surface area contributed by atoms with E-state index in [2.05, 4.69) is 26.0 Å². The Labute approximate surface area is 110 Å². The quantitative estimate of drug-likeness (QED) is 0.911. The van der Waals surface area contributed by atoms with Crippen LogP contribution in [0.25, 0.3) is 0 Å². The molecular formula is C11H10BrF2NO3. The molecule has 1 heterocycles. The van der Waals surface area contributed by atoms with Crippen LogP contribution in [0, 0.1) is 0 Å². The van der Waals surface area contributed by atoms with Crippen molar-refractivity contribution in [1.82, 2.24) is 5.32 Å². The van der Waals surface area contributed by atoms with Crippen molar-refractivity contribution in [2.24, 2.45) is 0 Å². The molecule has 1 saturated heterocycles. The van der Waals surface area contributed by atoms with Gasteiger partial charge in [0.2, 0.25) is 0 Å². The Kier molecular flexibility index (Phi) is 3.43. The van der Waals surface area contributed by atoms with Gasteiger partial charge in [0.05, 0.1) is 7.11 Å². The second-order valence-electron chi connectivity index (χ2n) is 3.80. The number of methoxy groups -OCH3 is 1.